The molecule has 3 nitrogen and oxygen atoms in total. The molecular formula is C28H37NO2. The number of nitrogens with zero attached hydrogens (tertiary/aromatic N) is 1. The molecule has 166 valence electrons. The molecule has 4 rings (SSSR count). The van der Waals surface area contributed by atoms with Crippen LogP contribution in [0.5, 0.6) is 0 Å². The molecule has 0 unspecified atom stereocenters. The predicted molar refractivity (Wildman–Crippen MR) is 128 cm³/mol. The summed E-state index contributed by atoms with van der Waals surface area (Å²) in [4.78, 5) is 14.4. The summed E-state index contributed by atoms with van der Waals surface area (Å²) in [6.07, 6.45) is 6.33. The maximum Gasteiger partial charge on any atom is 0.307 e. The van der Waals surface area contributed by atoms with Crippen LogP contribution in [0.3, 0.4) is 0 Å². The Labute approximate surface area is 187 Å². The van der Waals surface area contributed by atoms with Crippen LogP contribution in [0.2, 0.25) is 0 Å². The first kappa shape index (κ1) is 22.1. The molecule has 2 aromatic carbocycles. The minimum Gasteiger partial charge on any atom is -0.481 e. The van der Waals surface area contributed by atoms with E-state index in [0.717, 1.165) is 36.2 Å². The third-order valence-electron chi connectivity index (χ3n) is 7.90. The summed E-state index contributed by atoms with van der Waals surface area (Å²) >= 11 is 0. The number of carboxylic acids is 1. The number of carbonyl (C=O) groups is 1. The molecule has 0 bridgehead atoms. The van der Waals surface area contributed by atoms with E-state index >= 15 is 0 Å². The van der Waals surface area contributed by atoms with Crippen molar-refractivity contribution in [2.24, 2.45) is 5.41 Å². The molecule has 0 spiro atoms. The molecule has 0 radical (unpaired) electrons. The third-order valence-corrected chi connectivity index (χ3v) is 7.90. The van der Waals surface area contributed by atoms with Gasteiger partial charge in [-0.2, -0.15) is 0 Å². The number of hydrogen-bond donors (Lipinski definition) is 1. The van der Waals surface area contributed by atoms with Crippen molar-refractivity contribution < 1.29 is 9.90 Å². The minimum atomic E-state index is -0.752. The van der Waals surface area contributed by atoms with E-state index in [1.165, 1.54) is 53.5 Å². The van der Waals surface area contributed by atoms with E-state index in [1.807, 2.05) is 0 Å². The molecule has 1 saturated carbocycles. The van der Waals surface area contributed by atoms with Crippen molar-refractivity contribution >= 4 is 5.97 Å². The van der Waals surface area contributed by atoms with E-state index in [1.54, 1.807) is 0 Å². The van der Waals surface area contributed by atoms with E-state index < -0.39 is 5.97 Å². The second kappa shape index (κ2) is 8.43. The predicted octanol–water partition coefficient (Wildman–Crippen LogP) is 6.23. The van der Waals surface area contributed by atoms with Gasteiger partial charge in [-0.1, -0.05) is 43.7 Å². The number of carboxylic acid groups (broad SMARTS) is 1. The monoisotopic (exact) mass is 419 g/mol. The fourth-order valence-electron chi connectivity index (χ4n) is 5.83. The highest BCUT2D eigenvalue weighted by atomic mass is 16.4. The Morgan fingerprint density at radius 3 is 2.29 bits per heavy atom. The zero-order valence-corrected chi connectivity index (χ0v) is 19.8. The lowest BCUT2D eigenvalue weighted by molar-refractivity contribution is -0.136. The molecule has 0 saturated heterocycles. The standard InChI is InChI=1S/C28H37NO2/c1-18-6-8-21(9-7-18)27-20(3)25-17-29(22-10-13-28(4,5)14-11-22)15-12-23(25)19(2)24(27)16-26(30)31/h6-9,22H,10-17H2,1-5H3,(H,30,31). The molecule has 0 amide bonds. The van der Waals surface area contributed by atoms with E-state index in [0.29, 0.717) is 11.5 Å². The van der Waals surface area contributed by atoms with E-state index in [2.05, 4.69) is 63.8 Å². The molecule has 0 atom stereocenters. The molecule has 1 heterocycles. The van der Waals surface area contributed by atoms with Gasteiger partial charge >= 0.3 is 5.97 Å². The smallest absolute Gasteiger partial charge is 0.307 e. The molecule has 31 heavy (non-hydrogen) atoms. The number of rotatable bonds is 4. The van der Waals surface area contributed by atoms with E-state index in [4.69, 9.17) is 0 Å². The van der Waals surface area contributed by atoms with Gasteiger partial charge in [0.1, 0.15) is 0 Å². The number of hydrogen-bond acceptors (Lipinski definition) is 2. The molecular weight excluding hydrogens is 382 g/mol. The van der Waals surface area contributed by atoms with Crippen molar-refractivity contribution in [3.63, 3.8) is 0 Å². The Morgan fingerprint density at radius 1 is 1.03 bits per heavy atom. The fraction of sp³-hybridized carbons (Fsp3) is 0.536. The summed E-state index contributed by atoms with van der Waals surface area (Å²) in [5, 5.41) is 9.65. The first-order chi connectivity index (χ1) is 14.7. The SMILES string of the molecule is Cc1ccc(-c2c(C)c3c(c(C)c2CC(=O)O)CCN(C2CCC(C)(C)CC2)C3)cc1. The number of fused-ring (bicyclic) bond motifs is 1. The highest BCUT2D eigenvalue weighted by Gasteiger charge is 2.33. The van der Waals surface area contributed by atoms with Gasteiger partial charge in [0.15, 0.2) is 0 Å². The van der Waals surface area contributed by atoms with Gasteiger partial charge in [-0.25, -0.2) is 0 Å². The van der Waals surface area contributed by atoms with Crippen molar-refractivity contribution in [1.29, 1.82) is 0 Å². The summed E-state index contributed by atoms with van der Waals surface area (Å²) in [5.74, 6) is -0.752. The van der Waals surface area contributed by atoms with Crippen LogP contribution < -0.4 is 0 Å². The minimum absolute atomic E-state index is 0.0879. The van der Waals surface area contributed by atoms with E-state index in [9.17, 15) is 9.90 Å². The summed E-state index contributed by atoms with van der Waals surface area (Å²) in [7, 11) is 0. The Hall–Kier alpha value is -2.13. The van der Waals surface area contributed by atoms with Gasteiger partial charge in [-0.15, -0.1) is 0 Å². The van der Waals surface area contributed by atoms with Crippen LogP contribution in [0.15, 0.2) is 24.3 Å². The van der Waals surface area contributed by atoms with Crippen molar-refractivity contribution in [1.82, 2.24) is 4.90 Å². The largest absolute Gasteiger partial charge is 0.481 e. The van der Waals surface area contributed by atoms with Crippen LogP contribution >= 0.6 is 0 Å². The van der Waals surface area contributed by atoms with Gasteiger partial charge in [0.25, 0.3) is 0 Å². The van der Waals surface area contributed by atoms with Gasteiger partial charge in [-0.05, 0) is 97.2 Å². The van der Waals surface area contributed by atoms with Crippen molar-refractivity contribution in [3.05, 3.63) is 57.6 Å². The van der Waals surface area contributed by atoms with Crippen molar-refractivity contribution in [2.45, 2.75) is 85.7 Å². The molecule has 1 N–H and O–H groups in total. The third kappa shape index (κ3) is 4.43. The molecule has 1 aliphatic carbocycles. The number of aliphatic carboxylic acids is 1. The first-order valence-electron chi connectivity index (χ1n) is 11.8. The van der Waals surface area contributed by atoms with Crippen molar-refractivity contribution in [2.75, 3.05) is 6.54 Å². The Kier molecular flexibility index (Phi) is 6.00. The van der Waals surface area contributed by atoms with Gasteiger partial charge < -0.3 is 5.11 Å². The van der Waals surface area contributed by atoms with Crippen LogP contribution in [0.4, 0.5) is 0 Å². The lowest BCUT2D eigenvalue weighted by atomic mass is 9.74. The molecule has 1 aliphatic heterocycles. The Morgan fingerprint density at radius 2 is 1.68 bits per heavy atom. The van der Waals surface area contributed by atoms with Gasteiger partial charge in [-0.3, -0.25) is 9.69 Å². The average Bonchev–Trinajstić information content (AvgIpc) is 2.72. The van der Waals surface area contributed by atoms with Crippen LogP contribution in [0, 0.1) is 26.2 Å². The Balaban J connectivity index is 1.75. The maximum absolute atomic E-state index is 11.7. The topological polar surface area (TPSA) is 40.5 Å². The molecule has 2 aliphatic rings. The summed E-state index contributed by atoms with van der Waals surface area (Å²) in [6.45, 7) is 13.4. The highest BCUT2D eigenvalue weighted by molar-refractivity contribution is 5.81. The molecule has 0 aromatic heterocycles. The lowest BCUT2D eigenvalue weighted by Crippen LogP contribution is -2.43. The van der Waals surface area contributed by atoms with E-state index in [-0.39, 0.29) is 6.42 Å². The van der Waals surface area contributed by atoms with Crippen LogP contribution in [0.25, 0.3) is 11.1 Å². The summed E-state index contributed by atoms with van der Waals surface area (Å²) < 4.78 is 0. The highest BCUT2D eigenvalue weighted by Crippen LogP contribution is 2.41. The van der Waals surface area contributed by atoms with Gasteiger partial charge in [0.2, 0.25) is 0 Å². The fourth-order valence-corrected chi connectivity index (χ4v) is 5.83. The molecule has 3 heteroatoms. The second-order valence-corrected chi connectivity index (χ2v) is 10.6. The quantitative estimate of drug-likeness (QED) is 0.638. The van der Waals surface area contributed by atoms with Gasteiger partial charge in [0.05, 0.1) is 6.42 Å². The number of benzene rings is 2. The Bertz CT molecular complexity index is 977. The summed E-state index contributed by atoms with van der Waals surface area (Å²) in [6, 6.07) is 9.24. The lowest BCUT2D eigenvalue weighted by Gasteiger charge is -2.43. The van der Waals surface area contributed by atoms with Crippen LogP contribution in [-0.2, 0) is 24.2 Å². The maximum atomic E-state index is 11.7. The zero-order valence-electron chi connectivity index (χ0n) is 19.8. The summed E-state index contributed by atoms with van der Waals surface area (Å²) in [5.41, 5.74) is 10.3. The average molecular weight is 420 g/mol. The first-order valence-corrected chi connectivity index (χ1v) is 11.8. The van der Waals surface area contributed by atoms with Crippen molar-refractivity contribution in [3.8, 4) is 11.1 Å². The molecule has 1 fully saturated rings. The zero-order chi connectivity index (χ0) is 22.3. The number of aryl methyl sites for hydroxylation is 1. The normalized spacial score (nSPS) is 19.3. The van der Waals surface area contributed by atoms with Gasteiger partial charge in [0, 0.05) is 19.1 Å². The molecule has 2 aromatic rings. The van der Waals surface area contributed by atoms with Crippen LogP contribution in [0.1, 0.15) is 72.9 Å². The van der Waals surface area contributed by atoms with Crippen LogP contribution in [-0.4, -0.2) is 28.6 Å². The second-order valence-electron chi connectivity index (χ2n) is 10.6.